The van der Waals surface area contributed by atoms with E-state index in [4.69, 9.17) is 4.42 Å². The van der Waals surface area contributed by atoms with Crippen molar-refractivity contribution in [1.82, 2.24) is 4.98 Å². The average Bonchev–Trinajstić information content (AvgIpc) is 2.91. The van der Waals surface area contributed by atoms with Gasteiger partial charge >= 0.3 is 0 Å². The highest BCUT2D eigenvalue weighted by Crippen LogP contribution is 2.22. The fourth-order valence-electron chi connectivity index (χ4n) is 2.18. The van der Waals surface area contributed by atoms with Crippen molar-refractivity contribution >= 4 is 11.6 Å². The Hall–Kier alpha value is -2.95. The van der Waals surface area contributed by atoms with E-state index in [-0.39, 0.29) is 18.1 Å². The Bertz CT molecular complexity index is 811. The highest BCUT2D eigenvalue weighted by Gasteiger charge is 2.14. The number of hydrogen-bond acceptors (Lipinski definition) is 3. The Morgan fingerprint density at radius 2 is 1.83 bits per heavy atom. The number of rotatable bonds is 4. The van der Waals surface area contributed by atoms with Crippen LogP contribution in [0.3, 0.4) is 0 Å². The number of anilines is 1. The van der Waals surface area contributed by atoms with Gasteiger partial charge in [0.15, 0.2) is 0 Å². The molecule has 0 aliphatic rings. The van der Waals surface area contributed by atoms with Crippen molar-refractivity contribution in [3.63, 3.8) is 0 Å². The zero-order valence-electron chi connectivity index (χ0n) is 12.5. The zero-order chi connectivity index (χ0) is 16.2. The Morgan fingerprint density at radius 3 is 2.52 bits per heavy atom. The van der Waals surface area contributed by atoms with Gasteiger partial charge in [0.2, 0.25) is 11.8 Å². The smallest absolute Gasteiger partial charge is 0.232 e. The summed E-state index contributed by atoms with van der Waals surface area (Å²) in [6.07, 6.45) is 0.0725. The number of nitrogens with one attached hydrogen (secondary N) is 1. The van der Waals surface area contributed by atoms with Crippen LogP contribution in [0.25, 0.3) is 11.5 Å². The predicted molar refractivity (Wildman–Crippen MR) is 85.4 cm³/mol. The van der Waals surface area contributed by atoms with E-state index in [1.54, 1.807) is 6.92 Å². The Balaban J connectivity index is 1.71. The van der Waals surface area contributed by atoms with Crippen molar-refractivity contribution < 1.29 is 13.6 Å². The van der Waals surface area contributed by atoms with Crippen LogP contribution >= 0.6 is 0 Å². The van der Waals surface area contributed by atoms with Crippen LogP contribution in [0.1, 0.15) is 11.5 Å². The molecular formula is C18H15FN2O2. The standard InChI is InChI=1S/C18H15FN2O2/c1-12-16(23-18(20-12)13-5-3-2-4-6-13)11-17(22)21-15-9-7-14(19)8-10-15/h2-10H,11H2,1H3,(H,21,22). The van der Waals surface area contributed by atoms with Gasteiger partial charge in [-0.15, -0.1) is 0 Å². The first kappa shape index (κ1) is 15.0. The summed E-state index contributed by atoms with van der Waals surface area (Å²) in [5.74, 6) is 0.424. The lowest BCUT2D eigenvalue weighted by Crippen LogP contribution is -2.14. The van der Waals surface area contributed by atoms with Gasteiger partial charge in [-0.2, -0.15) is 0 Å². The van der Waals surface area contributed by atoms with E-state index in [0.29, 0.717) is 23.0 Å². The number of aryl methyl sites for hydroxylation is 1. The highest BCUT2D eigenvalue weighted by atomic mass is 19.1. The van der Waals surface area contributed by atoms with Crippen LogP contribution in [0.4, 0.5) is 10.1 Å². The number of aromatic nitrogens is 1. The third-order valence-corrected chi connectivity index (χ3v) is 3.36. The molecule has 0 aliphatic carbocycles. The molecular weight excluding hydrogens is 295 g/mol. The van der Waals surface area contributed by atoms with Gasteiger partial charge in [0.1, 0.15) is 11.6 Å². The molecule has 0 radical (unpaired) electrons. The molecule has 5 heteroatoms. The summed E-state index contributed by atoms with van der Waals surface area (Å²) in [6.45, 7) is 1.80. The molecule has 0 bridgehead atoms. The molecule has 0 spiro atoms. The molecule has 3 aromatic rings. The lowest BCUT2D eigenvalue weighted by atomic mass is 10.2. The maximum absolute atomic E-state index is 12.9. The van der Waals surface area contributed by atoms with Gasteiger partial charge in [-0.25, -0.2) is 9.37 Å². The van der Waals surface area contributed by atoms with E-state index in [0.717, 1.165) is 5.56 Å². The molecule has 1 amide bonds. The minimum absolute atomic E-state index is 0.0725. The molecule has 0 fully saturated rings. The third-order valence-electron chi connectivity index (χ3n) is 3.36. The number of amides is 1. The number of benzene rings is 2. The predicted octanol–water partition coefficient (Wildman–Crippen LogP) is 3.97. The largest absolute Gasteiger partial charge is 0.440 e. The van der Waals surface area contributed by atoms with Crippen LogP contribution in [-0.2, 0) is 11.2 Å². The van der Waals surface area contributed by atoms with E-state index in [1.165, 1.54) is 24.3 Å². The van der Waals surface area contributed by atoms with Crippen molar-refractivity contribution in [2.75, 3.05) is 5.32 Å². The first-order valence-electron chi connectivity index (χ1n) is 7.19. The second-order valence-corrected chi connectivity index (χ2v) is 5.13. The minimum atomic E-state index is -0.346. The molecule has 23 heavy (non-hydrogen) atoms. The number of carbonyl (C=O) groups is 1. The fourth-order valence-corrected chi connectivity index (χ4v) is 2.18. The second kappa shape index (κ2) is 6.44. The SMILES string of the molecule is Cc1nc(-c2ccccc2)oc1CC(=O)Nc1ccc(F)cc1. The molecule has 0 unspecified atom stereocenters. The van der Waals surface area contributed by atoms with E-state index in [2.05, 4.69) is 10.3 Å². The van der Waals surface area contributed by atoms with Gasteiger partial charge in [0, 0.05) is 11.3 Å². The molecule has 2 aromatic carbocycles. The Kier molecular flexibility index (Phi) is 4.19. The second-order valence-electron chi connectivity index (χ2n) is 5.13. The minimum Gasteiger partial charge on any atom is -0.440 e. The quantitative estimate of drug-likeness (QED) is 0.793. The molecule has 0 saturated carbocycles. The van der Waals surface area contributed by atoms with Gasteiger partial charge in [-0.1, -0.05) is 18.2 Å². The first-order valence-corrected chi connectivity index (χ1v) is 7.19. The molecule has 1 aromatic heterocycles. The molecule has 1 N–H and O–H groups in total. The molecule has 0 atom stereocenters. The van der Waals surface area contributed by atoms with Crippen LogP contribution in [0.5, 0.6) is 0 Å². The van der Waals surface area contributed by atoms with Crippen LogP contribution in [0.2, 0.25) is 0 Å². The summed E-state index contributed by atoms with van der Waals surface area (Å²) in [7, 11) is 0. The van der Waals surface area contributed by atoms with E-state index in [9.17, 15) is 9.18 Å². The van der Waals surface area contributed by atoms with Gasteiger partial charge in [0.05, 0.1) is 12.1 Å². The maximum Gasteiger partial charge on any atom is 0.232 e. The van der Waals surface area contributed by atoms with E-state index >= 15 is 0 Å². The summed E-state index contributed by atoms with van der Waals surface area (Å²) >= 11 is 0. The van der Waals surface area contributed by atoms with Crippen LogP contribution in [0.15, 0.2) is 59.0 Å². The van der Waals surface area contributed by atoms with Crippen molar-refractivity contribution in [3.05, 3.63) is 71.9 Å². The van der Waals surface area contributed by atoms with Crippen molar-refractivity contribution in [1.29, 1.82) is 0 Å². The summed E-state index contributed by atoms with van der Waals surface area (Å²) in [5, 5.41) is 2.70. The van der Waals surface area contributed by atoms with Crippen molar-refractivity contribution in [2.24, 2.45) is 0 Å². The number of hydrogen-bond donors (Lipinski definition) is 1. The zero-order valence-corrected chi connectivity index (χ0v) is 12.5. The number of nitrogens with zero attached hydrogens (tertiary/aromatic N) is 1. The van der Waals surface area contributed by atoms with Crippen LogP contribution in [-0.4, -0.2) is 10.9 Å². The van der Waals surface area contributed by atoms with Crippen molar-refractivity contribution in [3.8, 4) is 11.5 Å². The van der Waals surface area contributed by atoms with Gasteiger partial charge in [0.25, 0.3) is 0 Å². The summed E-state index contributed by atoms with van der Waals surface area (Å²) in [6, 6.07) is 15.1. The molecule has 0 aliphatic heterocycles. The lowest BCUT2D eigenvalue weighted by Gasteiger charge is -2.03. The van der Waals surface area contributed by atoms with Gasteiger partial charge in [-0.3, -0.25) is 4.79 Å². The van der Waals surface area contributed by atoms with Crippen LogP contribution in [0, 0.1) is 12.7 Å². The van der Waals surface area contributed by atoms with E-state index < -0.39 is 0 Å². The number of halogens is 1. The molecule has 4 nitrogen and oxygen atoms in total. The van der Waals surface area contributed by atoms with E-state index in [1.807, 2.05) is 30.3 Å². The maximum atomic E-state index is 12.9. The first-order chi connectivity index (χ1) is 11.1. The number of carbonyl (C=O) groups excluding carboxylic acids is 1. The lowest BCUT2D eigenvalue weighted by molar-refractivity contribution is -0.115. The molecule has 116 valence electrons. The monoisotopic (exact) mass is 310 g/mol. The Labute approximate surface area is 133 Å². The molecule has 1 heterocycles. The highest BCUT2D eigenvalue weighted by molar-refractivity contribution is 5.92. The molecule has 0 saturated heterocycles. The topological polar surface area (TPSA) is 55.1 Å². The Morgan fingerprint density at radius 1 is 1.13 bits per heavy atom. The third kappa shape index (κ3) is 3.63. The normalized spacial score (nSPS) is 10.5. The average molecular weight is 310 g/mol. The number of oxazole rings is 1. The fraction of sp³-hybridized carbons (Fsp3) is 0.111. The van der Waals surface area contributed by atoms with Crippen molar-refractivity contribution in [2.45, 2.75) is 13.3 Å². The molecule has 3 rings (SSSR count). The summed E-state index contributed by atoms with van der Waals surface area (Å²) in [5.41, 5.74) is 2.08. The summed E-state index contributed by atoms with van der Waals surface area (Å²) in [4.78, 5) is 16.4. The van der Waals surface area contributed by atoms with Crippen LogP contribution < -0.4 is 5.32 Å². The van der Waals surface area contributed by atoms with Gasteiger partial charge < -0.3 is 9.73 Å². The summed E-state index contributed by atoms with van der Waals surface area (Å²) < 4.78 is 18.5. The van der Waals surface area contributed by atoms with Gasteiger partial charge in [-0.05, 0) is 43.3 Å².